The molecule has 0 saturated heterocycles. The monoisotopic (exact) mass is 747 g/mol. The summed E-state index contributed by atoms with van der Waals surface area (Å²) in [7, 11) is 0. The van der Waals surface area contributed by atoms with Crippen LogP contribution in [0.5, 0.6) is 0 Å². The van der Waals surface area contributed by atoms with Crippen LogP contribution >= 0.6 is 11.3 Å². The van der Waals surface area contributed by atoms with E-state index in [4.69, 9.17) is 24.9 Å². The Hall–Kier alpha value is -7.55. The molecule has 0 N–H and O–H groups in total. The number of benzene rings is 7. The van der Waals surface area contributed by atoms with E-state index in [1.54, 1.807) is 11.3 Å². The van der Waals surface area contributed by atoms with Gasteiger partial charge < -0.3 is 4.57 Å². The van der Waals surface area contributed by atoms with E-state index in [1.807, 2.05) is 66.9 Å². The van der Waals surface area contributed by atoms with Gasteiger partial charge in [-0.2, -0.15) is 0 Å². The molecule has 7 nitrogen and oxygen atoms in total. The van der Waals surface area contributed by atoms with E-state index >= 15 is 0 Å². The average Bonchev–Trinajstić information content (AvgIpc) is 3.93. The molecule has 0 saturated carbocycles. The van der Waals surface area contributed by atoms with Crippen LogP contribution in [0.15, 0.2) is 176 Å². The lowest BCUT2D eigenvalue weighted by Crippen LogP contribution is -2.01. The summed E-state index contributed by atoms with van der Waals surface area (Å²) < 4.78 is 5.70. The van der Waals surface area contributed by atoms with Gasteiger partial charge in [0.1, 0.15) is 4.83 Å². The lowest BCUT2D eigenvalue weighted by molar-refractivity contribution is 1.01. The highest BCUT2D eigenvalue weighted by molar-refractivity contribution is 7.25. The van der Waals surface area contributed by atoms with Gasteiger partial charge in [-0.05, 0) is 54.6 Å². The minimum Gasteiger partial charge on any atom is -0.309 e. The Bertz CT molecular complexity index is 3420. The first-order valence-corrected chi connectivity index (χ1v) is 19.7. The molecule has 5 heterocycles. The van der Waals surface area contributed by atoms with Crippen LogP contribution < -0.4 is 0 Å². The van der Waals surface area contributed by atoms with Gasteiger partial charge in [-0.3, -0.25) is 4.57 Å². The molecule has 266 valence electrons. The van der Waals surface area contributed by atoms with Gasteiger partial charge in [-0.25, -0.2) is 24.9 Å². The van der Waals surface area contributed by atoms with Crippen LogP contribution in [0, 0.1) is 0 Å². The Kier molecular flexibility index (Phi) is 6.96. The zero-order chi connectivity index (χ0) is 37.5. The SMILES string of the molecule is c1ccc(-c2nc(-c3ccccc3)nc(-c3ccc4c(c3)c3ccccc3n4-c3ncc4c(n3)sc3ccc(-n5c6ccccc6c6ccccc65)cc34)n2)cc1. The topological polar surface area (TPSA) is 74.3 Å². The van der Waals surface area contributed by atoms with Crippen molar-refractivity contribution in [3.8, 4) is 45.8 Å². The van der Waals surface area contributed by atoms with Crippen LogP contribution in [-0.4, -0.2) is 34.1 Å². The van der Waals surface area contributed by atoms with Crippen molar-refractivity contribution in [2.75, 3.05) is 0 Å². The molecule has 0 unspecified atom stereocenters. The Morgan fingerprint density at radius 2 is 0.895 bits per heavy atom. The van der Waals surface area contributed by atoms with E-state index in [0.717, 1.165) is 59.8 Å². The summed E-state index contributed by atoms with van der Waals surface area (Å²) in [4.78, 5) is 26.2. The van der Waals surface area contributed by atoms with Gasteiger partial charge in [0.15, 0.2) is 17.5 Å². The molecule has 0 aliphatic heterocycles. The normalized spacial score (nSPS) is 11.9. The quantitative estimate of drug-likeness (QED) is 0.175. The summed E-state index contributed by atoms with van der Waals surface area (Å²) in [6.07, 6.45) is 1.99. The standard InChI is InChI=1S/C49H29N7S/c1-3-13-30(14-4-1)45-51-46(31-15-5-2-6-16-31)53-47(52-45)32-23-25-43-37(27-32)36-19-9-12-22-42(36)56(43)49-50-29-39-38-28-33(24-26-44(38)57-48(39)54-49)55-40-20-10-7-17-34(40)35-18-8-11-21-41(35)55/h1-29H. The third-order valence-electron chi connectivity index (χ3n) is 10.9. The summed E-state index contributed by atoms with van der Waals surface area (Å²) in [6, 6.07) is 58.9. The molecule has 0 spiro atoms. The predicted molar refractivity (Wildman–Crippen MR) is 233 cm³/mol. The lowest BCUT2D eigenvalue weighted by atomic mass is 10.1. The second kappa shape index (κ2) is 12.5. The average molecular weight is 748 g/mol. The molecule has 12 aromatic rings. The smallest absolute Gasteiger partial charge is 0.236 e. The minimum absolute atomic E-state index is 0.615. The number of fused-ring (bicyclic) bond motifs is 9. The molecule has 5 aromatic heterocycles. The third kappa shape index (κ3) is 5.01. The molecule has 0 radical (unpaired) electrons. The van der Waals surface area contributed by atoms with E-state index in [9.17, 15) is 0 Å². The van der Waals surface area contributed by atoms with Gasteiger partial charge in [0.2, 0.25) is 5.95 Å². The molecule has 57 heavy (non-hydrogen) atoms. The maximum Gasteiger partial charge on any atom is 0.236 e. The van der Waals surface area contributed by atoms with Crippen LogP contribution in [0.2, 0.25) is 0 Å². The van der Waals surface area contributed by atoms with Gasteiger partial charge in [0.25, 0.3) is 0 Å². The van der Waals surface area contributed by atoms with Crippen molar-refractivity contribution < 1.29 is 0 Å². The van der Waals surface area contributed by atoms with Crippen LogP contribution in [0.3, 0.4) is 0 Å². The van der Waals surface area contributed by atoms with Crippen molar-refractivity contribution in [2.24, 2.45) is 0 Å². The summed E-state index contributed by atoms with van der Waals surface area (Å²) in [5.41, 5.74) is 8.32. The highest BCUT2D eigenvalue weighted by atomic mass is 32.1. The van der Waals surface area contributed by atoms with E-state index in [-0.39, 0.29) is 0 Å². The van der Waals surface area contributed by atoms with E-state index in [0.29, 0.717) is 23.4 Å². The Labute approximate surface area is 329 Å². The lowest BCUT2D eigenvalue weighted by Gasteiger charge is -2.09. The minimum atomic E-state index is 0.615. The zero-order valence-electron chi connectivity index (χ0n) is 30.3. The number of thiophene rings is 1. The fraction of sp³-hybridized carbons (Fsp3) is 0. The largest absolute Gasteiger partial charge is 0.309 e. The van der Waals surface area contributed by atoms with Crippen molar-refractivity contribution in [1.29, 1.82) is 0 Å². The molecule has 0 aliphatic rings. The molecule has 0 amide bonds. The number of nitrogens with zero attached hydrogens (tertiary/aromatic N) is 7. The first-order valence-electron chi connectivity index (χ1n) is 18.8. The number of hydrogen-bond donors (Lipinski definition) is 0. The van der Waals surface area contributed by atoms with Crippen molar-refractivity contribution >= 4 is 75.3 Å². The summed E-state index contributed by atoms with van der Waals surface area (Å²) >= 11 is 1.70. The van der Waals surface area contributed by atoms with Gasteiger partial charge in [-0.15, -0.1) is 11.3 Å². The molecular weight excluding hydrogens is 719 g/mol. The van der Waals surface area contributed by atoms with E-state index in [1.165, 1.54) is 26.5 Å². The van der Waals surface area contributed by atoms with Crippen molar-refractivity contribution in [2.45, 2.75) is 0 Å². The van der Waals surface area contributed by atoms with Crippen molar-refractivity contribution in [3.63, 3.8) is 0 Å². The first-order chi connectivity index (χ1) is 28.2. The fourth-order valence-corrected chi connectivity index (χ4v) is 9.28. The summed E-state index contributed by atoms with van der Waals surface area (Å²) in [5, 5.41) is 6.86. The Balaban J connectivity index is 0.998. The van der Waals surface area contributed by atoms with Crippen LogP contribution in [-0.2, 0) is 0 Å². The molecular formula is C49H29N7S. The summed E-state index contributed by atoms with van der Waals surface area (Å²) in [6.45, 7) is 0. The van der Waals surface area contributed by atoms with Gasteiger partial charge in [-0.1, -0.05) is 115 Å². The van der Waals surface area contributed by atoms with E-state index < -0.39 is 0 Å². The molecule has 12 rings (SSSR count). The van der Waals surface area contributed by atoms with Crippen molar-refractivity contribution in [1.82, 2.24) is 34.1 Å². The Morgan fingerprint density at radius 1 is 0.368 bits per heavy atom. The highest BCUT2D eigenvalue weighted by Gasteiger charge is 2.19. The second-order valence-corrected chi connectivity index (χ2v) is 15.2. The zero-order valence-corrected chi connectivity index (χ0v) is 31.1. The van der Waals surface area contributed by atoms with Crippen molar-refractivity contribution in [3.05, 3.63) is 176 Å². The molecule has 0 fully saturated rings. The van der Waals surface area contributed by atoms with E-state index in [2.05, 4.69) is 118 Å². The molecule has 0 aliphatic carbocycles. The Morgan fingerprint density at radius 3 is 1.53 bits per heavy atom. The molecule has 0 bridgehead atoms. The maximum absolute atomic E-state index is 5.25. The van der Waals surface area contributed by atoms with Crippen LogP contribution in [0.1, 0.15) is 0 Å². The van der Waals surface area contributed by atoms with Crippen LogP contribution in [0.4, 0.5) is 0 Å². The van der Waals surface area contributed by atoms with Gasteiger partial charge in [0.05, 0.1) is 22.1 Å². The first kappa shape index (κ1) is 31.8. The van der Waals surface area contributed by atoms with Gasteiger partial charge in [0, 0.05) is 65.6 Å². The highest BCUT2D eigenvalue weighted by Crippen LogP contribution is 2.39. The molecule has 7 aromatic carbocycles. The summed E-state index contributed by atoms with van der Waals surface area (Å²) in [5.74, 6) is 2.52. The molecule has 0 atom stereocenters. The fourth-order valence-electron chi connectivity index (χ4n) is 8.25. The third-order valence-corrected chi connectivity index (χ3v) is 11.9. The van der Waals surface area contributed by atoms with Crippen LogP contribution in [0.25, 0.3) is 110 Å². The maximum atomic E-state index is 5.25. The van der Waals surface area contributed by atoms with Gasteiger partial charge >= 0.3 is 0 Å². The predicted octanol–water partition coefficient (Wildman–Crippen LogP) is 12.2. The molecule has 8 heteroatoms. The number of para-hydroxylation sites is 3. The number of aromatic nitrogens is 7. The number of rotatable bonds is 5. The second-order valence-electron chi connectivity index (χ2n) is 14.2. The number of hydrogen-bond acceptors (Lipinski definition) is 6.